The number of likely N-dealkylation sites (tertiary alicyclic amines) is 1. The SMILES string of the molecule is CCN1CC(CC(O)C(C)C)CC(NCCCO)C1. The molecule has 0 amide bonds. The second-order valence-corrected chi connectivity index (χ2v) is 6.23. The van der Waals surface area contributed by atoms with Gasteiger partial charge in [0.25, 0.3) is 0 Å². The largest absolute Gasteiger partial charge is 0.396 e. The first-order valence-electron chi connectivity index (χ1n) is 7.81. The predicted octanol–water partition coefficient (Wildman–Crippen LogP) is 1.08. The summed E-state index contributed by atoms with van der Waals surface area (Å²) in [6, 6.07) is 0.504. The highest BCUT2D eigenvalue weighted by atomic mass is 16.3. The van der Waals surface area contributed by atoms with E-state index >= 15 is 0 Å². The third kappa shape index (κ3) is 6.21. The average molecular weight is 272 g/mol. The van der Waals surface area contributed by atoms with Gasteiger partial charge in [0.2, 0.25) is 0 Å². The molecule has 1 heterocycles. The van der Waals surface area contributed by atoms with Crippen LogP contribution in [0.5, 0.6) is 0 Å². The van der Waals surface area contributed by atoms with E-state index in [4.69, 9.17) is 5.11 Å². The molecule has 0 saturated carbocycles. The lowest BCUT2D eigenvalue weighted by molar-refractivity contribution is 0.0631. The zero-order valence-electron chi connectivity index (χ0n) is 12.8. The third-order valence-corrected chi connectivity index (χ3v) is 4.17. The standard InChI is InChI=1S/C15H32N2O2/c1-4-17-10-13(9-15(19)12(2)3)8-14(11-17)16-6-5-7-18/h12-16,18-19H,4-11H2,1-3H3. The van der Waals surface area contributed by atoms with Crippen molar-refractivity contribution in [1.82, 2.24) is 10.2 Å². The first kappa shape index (κ1) is 16.9. The van der Waals surface area contributed by atoms with Crippen molar-refractivity contribution in [2.24, 2.45) is 11.8 Å². The number of hydrogen-bond acceptors (Lipinski definition) is 4. The maximum absolute atomic E-state index is 10.1. The molecule has 0 aromatic carbocycles. The summed E-state index contributed by atoms with van der Waals surface area (Å²) in [7, 11) is 0. The monoisotopic (exact) mass is 272 g/mol. The molecule has 1 aliphatic heterocycles. The second kappa shape index (κ2) is 8.90. The van der Waals surface area contributed by atoms with Gasteiger partial charge in [-0.15, -0.1) is 0 Å². The van der Waals surface area contributed by atoms with Gasteiger partial charge in [-0.2, -0.15) is 0 Å². The van der Waals surface area contributed by atoms with E-state index in [1.54, 1.807) is 0 Å². The number of likely N-dealkylation sites (N-methyl/N-ethyl adjacent to an activating group) is 1. The molecule has 3 N–H and O–H groups in total. The van der Waals surface area contributed by atoms with Crippen LogP contribution in [-0.2, 0) is 0 Å². The zero-order chi connectivity index (χ0) is 14.3. The van der Waals surface area contributed by atoms with Crippen molar-refractivity contribution >= 4 is 0 Å². The summed E-state index contributed by atoms with van der Waals surface area (Å²) in [5, 5.41) is 22.4. The Morgan fingerprint density at radius 1 is 1.32 bits per heavy atom. The van der Waals surface area contributed by atoms with E-state index in [9.17, 15) is 5.11 Å². The fraction of sp³-hybridized carbons (Fsp3) is 1.00. The Labute approximate surface area is 118 Å². The van der Waals surface area contributed by atoms with Crippen LogP contribution < -0.4 is 5.32 Å². The minimum Gasteiger partial charge on any atom is -0.396 e. The lowest BCUT2D eigenvalue weighted by atomic mass is 9.87. The maximum atomic E-state index is 10.1. The minimum absolute atomic E-state index is 0.181. The molecule has 1 aliphatic rings. The molecule has 0 bridgehead atoms. The minimum atomic E-state index is -0.181. The molecule has 0 spiro atoms. The Hall–Kier alpha value is -0.160. The summed E-state index contributed by atoms with van der Waals surface area (Å²) in [4.78, 5) is 2.47. The topological polar surface area (TPSA) is 55.7 Å². The van der Waals surface area contributed by atoms with E-state index in [1.807, 2.05) is 0 Å². The van der Waals surface area contributed by atoms with Crippen molar-refractivity contribution in [3.05, 3.63) is 0 Å². The quantitative estimate of drug-likeness (QED) is 0.579. The highest BCUT2D eigenvalue weighted by Crippen LogP contribution is 2.23. The molecule has 4 heteroatoms. The lowest BCUT2D eigenvalue weighted by Crippen LogP contribution is -2.50. The van der Waals surface area contributed by atoms with Crippen LogP contribution in [0, 0.1) is 11.8 Å². The van der Waals surface area contributed by atoms with Crippen molar-refractivity contribution in [3.63, 3.8) is 0 Å². The molecule has 0 aromatic heterocycles. The maximum Gasteiger partial charge on any atom is 0.0566 e. The van der Waals surface area contributed by atoms with Crippen molar-refractivity contribution in [3.8, 4) is 0 Å². The fourth-order valence-corrected chi connectivity index (χ4v) is 2.88. The molecule has 0 radical (unpaired) electrons. The summed E-state index contributed by atoms with van der Waals surface area (Å²) >= 11 is 0. The highest BCUT2D eigenvalue weighted by molar-refractivity contribution is 4.84. The van der Waals surface area contributed by atoms with Gasteiger partial charge in [-0.25, -0.2) is 0 Å². The number of hydrogen-bond donors (Lipinski definition) is 3. The highest BCUT2D eigenvalue weighted by Gasteiger charge is 2.28. The molecule has 4 nitrogen and oxygen atoms in total. The molecular weight excluding hydrogens is 240 g/mol. The average Bonchev–Trinajstić information content (AvgIpc) is 2.38. The molecule has 114 valence electrons. The Morgan fingerprint density at radius 2 is 2.05 bits per heavy atom. The van der Waals surface area contributed by atoms with Crippen LogP contribution in [0.1, 0.15) is 40.0 Å². The molecule has 3 unspecified atom stereocenters. The number of aliphatic hydroxyl groups is 2. The van der Waals surface area contributed by atoms with Gasteiger partial charge in [-0.3, -0.25) is 0 Å². The van der Waals surface area contributed by atoms with Crippen LogP contribution >= 0.6 is 0 Å². The Bertz CT molecular complexity index is 236. The van der Waals surface area contributed by atoms with Crippen molar-refractivity contribution < 1.29 is 10.2 Å². The first-order chi connectivity index (χ1) is 9.06. The van der Waals surface area contributed by atoms with Gasteiger partial charge in [0.05, 0.1) is 6.10 Å². The van der Waals surface area contributed by atoms with E-state index in [0.29, 0.717) is 17.9 Å². The first-order valence-corrected chi connectivity index (χ1v) is 7.81. The van der Waals surface area contributed by atoms with Crippen LogP contribution in [0.3, 0.4) is 0 Å². The molecule has 1 rings (SSSR count). The van der Waals surface area contributed by atoms with Gasteiger partial charge in [0, 0.05) is 25.7 Å². The summed E-state index contributed by atoms with van der Waals surface area (Å²) in [6.45, 7) is 10.8. The van der Waals surface area contributed by atoms with Gasteiger partial charge in [0.15, 0.2) is 0 Å². The molecule has 1 fully saturated rings. The van der Waals surface area contributed by atoms with E-state index in [0.717, 1.165) is 45.4 Å². The molecule has 3 atom stereocenters. The van der Waals surface area contributed by atoms with Crippen molar-refractivity contribution in [2.45, 2.75) is 52.2 Å². The predicted molar refractivity (Wildman–Crippen MR) is 79.2 cm³/mol. The van der Waals surface area contributed by atoms with Crippen LogP contribution in [0.4, 0.5) is 0 Å². The number of nitrogens with one attached hydrogen (secondary N) is 1. The smallest absolute Gasteiger partial charge is 0.0566 e. The lowest BCUT2D eigenvalue weighted by Gasteiger charge is -2.38. The van der Waals surface area contributed by atoms with E-state index in [-0.39, 0.29) is 12.7 Å². The van der Waals surface area contributed by atoms with Gasteiger partial charge < -0.3 is 20.4 Å². The number of aliphatic hydroxyl groups excluding tert-OH is 2. The molecular formula is C15H32N2O2. The summed E-state index contributed by atoms with van der Waals surface area (Å²) in [6.07, 6.45) is 2.69. The van der Waals surface area contributed by atoms with Crippen LogP contribution in [0.15, 0.2) is 0 Å². The van der Waals surface area contributed by atoms with E-state index in [2.05, 4.69) is 31.0 Å². The molecule has 0 aliphatic carbocycles. The van der Waals surface area contributed by atoms with Gasteiger partial charge in [-0.05, 0) is 44.2 Å². The van der Waals surface area contributed by atoms with Gasteiger partial charge >= 0.3 is 0 Å². The number of nitrogens with zero attached hydrogens (tertiary/aromatic N) is 1. The normalized spacial score (nSPS) is 26.8. The van der Waals surface area contributed by atoms with Crippen LogP contribution in [0.25, 0.3) is 0 Å². The van der Waals surface area contributed by atoms with Gasteiger partial charge in [-0.1, -0.05) is 20.8 Å². The number of piperidine rings is 1. The van der Waals surface area contributed by atoms with Crippen LogP contribution in [0.2, 0.25) is 0 Å². The second-order valence-electron chi connectivity index (χ2n) is 6.23. The molecule has 1 saturated heterocycles. The summed E-state index contributed by atoms with van der Waals surface area (Å²) in [5.74, 6) is 0.926. The van der Waals surface area contributed by atoms with Crippen molar-refractivity contribution in [1.29, 1.82) is 0 Å². The fourth-order valence-electron chi connectivity index (χ4n) is 2.88. The van der Waals surface area contributed by atoms with E-state index in [1.165, 1.54) is 0 Å². The third-order valence-electron chi connectivity index (χ3n) is 4.17. The number of rotatable bonds is 8. The molecule has 0 aromatic rings. The van der Waals surface area contributed by atoms with Crippen LogP contribution in [-0.4, -0.2) is 60.0 Å². The summed E-state index contributed by atoms with van der Waals surface area (Å²) in [5.41, 5.74) is 0. The zero-order valence-corrected chi connectivity index (χ0v) is 12.8. The van der Waals surface area contributed by atoms with E-state index < -0.39 is 0 Å². The summed E-state index contributed by atoms with van der Waals surface area (Å²) < 4.78 is 0. The van der Waals surface area contributed by atoms with Crippen molar-refractivity contribution in [2.75, 3.05) is 32.8 Å². The molecule has 19 heavy (non-hydrogen) atoms. The Kier molecular flexibility index (Phi) is 7.91. The Morgan fingerprint density at radius 3 is 2.63 bits per heavy atom. The van der Waals surface area contributed by atoms with Gasteiger partial charge in [0.1, 0.15) is 0 Å². The Balaban J connectivity index is 2.42.